The van der Waals surface area contributed by atoms with Crippen LogP contribution in [-0.4, -0.2) is 28.7 Å². The number of carbonyl (C=O) groups is 1. The molecule has 2 aromatic carbocycles. The first-order chi connectivity index (χ1) is 14.3. The highest BCUT2D eigenvalue weighted by Gasteiger charge is 2.51. The number of nitrogens with zero attached hydrogens (tertiary/aromatic N) is 1. The zero-order chi connectivity index (χ0) is 21.3. The molecule has 1 saturated carbocycles. The van der Waals surface area contributed by atoms with Crippen LogP contribution in [0.2, 0.25) is 0 Å². The molecular weight excluding hydrogens is 442 g/mol. The number of ether oxygens (including phenoxy) is 1. The number of rotatable bonds is 5. The summed E-state index contributed by atoms with van der Waals surface area (Å²) < 4.78 is 6.83. The maximum Gasteiger partial charge on any atom is 0.411 e. The van der Waals surface area contributed by atoms with Crippen LogP contribution in [0.3, 0.4) is 0 Å². The van der Waals surface area contributed by atoms with Gasteiger partial charge in [-0.2, -0.15) is 0 Å². The molecular formula is C24H30BrN3O2. The van der Waals surface area contributed by atoms with Crippen LogP contribution < -0.4 is 11.1 Å². The van der Waals surface area contributed by atoms with Gasteiger partial charge in [0.1, 0.15) is 5.60 Å². The minimum Gasteiger partial charge on any atom is -0.441 e. The Labute approximate surface area is 187 Å². The fourth-order valence-corrected chi connectivity index (χ4v) is 5.28. The van der Waals surface area contributed by atoms with Gasteiger partial charge in [-0.1, -0.05) is 46.3 Å². The van der Waals surface area contributed by atoms with E-state index in [-0.39, 0.29) is 18.2 Å². The van der Waals surface area contributed by atoms with E-state index >= 15 is 0 Å². The van der Waals surface area contributed by atoms with E-state index in [0.717, 1.165) is 53.5 Å². The number of amides is 1. The summed E-state index contributed by atoms with van der Waals surface area (Å²) in [5.41, 5.74) is 8.63. The molecule has 1 heterocycles. The molecule has 4 rings (SSSR count). The molecule has 1 aliphatic heterocycles. The Morgan fingerprint density at radius 2 is 1.83 bits per heavy atom. The predicted octanol–water partition coefficient (Wildman–Crippen LogP) is 5.40. The van der Waals surface area contributed by atoms with Crippen LogP contribution in [0, 0.1) is 0 Å². The zero-order valence-electron chi connectivity index (χ0n) is 17.6. The van der Waals surface area contributed by atoms with Crippen LogP contribution in [0.4, 0.5) is 10.5 Å². The molecule has 0 bridgehead atoms. The Morgan fingerprint density at radius 1 is 1.13 bits per heavy atom. The van der Waals surface area contributed by atoms with E-state index in [0.29, 0.717) is 6.04 Å². The van der Waals surface area contributed by atoms with Crippen molar-refractivity contribution in [2.45, 2.75) is 69.8 Å². The first kappa shape index (κ1) is 21.2. The third-order valence-electron chi connectivity index (χ3n) is 6.39. The molecule has 3 N–H and O–H groups in total. The molecule has 2 aromatic rings. The number of nitrogens with two attached hydrogens (primary N) is 1. The van der Waals surface area contributed by atoms with Crippen LogP contribution in [0.15, 0.2) is 53.0 Å². The Balaban J connectivity index is 1.40. The fraction of sp³-hybridized carbons (Fsp3) is 0.458. The van der Waals surface area contributed by atoms with Crippen LogP contribution in [0.25, 0.3) is 0 Å². The average molecular weight is 472 g/mol. The van der Waals surface area contributed by atoms with Gasteiger partial charge < -0.3 is 15.8 Å². The third-order valence-corrected chi connectivity index (χ3v) is 6.88. The van der Waals surface area contributed by atoms with Crippen molar-refractivity contribution in [3.8, 4) is 0 Å². The van der Waals surface area contributed by atoms with Crippen LogP contribution >= 0.6 is 15.9 Å². The van der Waals surface area contributed by atoms with Crippen molar-refractivity contribution in [3.05, 3.63) is 64.1 Å². The lowest BCUT2D eigenvalue weighted by molar-refractivity contribution is 0.0663. The van der Waals surface area contributed by atoms with E-state index < -0.39 is 5.60 Å². The molecule has 2 fully saturated rings. The summed E-state index contributed by atoms with van der Waals surface area (Å²) in [5, 5.41) is 3.65. The topological polar surface area (TPSA) is 67.6 Å². The third kappa shape index (κ3) is 4.35. The van der Waals surface area contributed by atoms with Gasteiger partial charge in [-0.3, -0.25) is 4.90 Å². The highest BCUT2D eigenvalue weighted by atomic mass is 79.9. The number of hydrogen-bond donors (Lipinski definition) is 2. The van der Waals surface area contributed by atoms with Crippen molar-refractivity contribution in [2.75, 3.05) is 5.73 Å². The molecule has 160 valence electrons. The monoisotopic (exact) mass is 471 g/mol. The molecule has 1 aliphatic carbocycles. The van der Waals surface area contributed by atoms with Gasteiger partial charge in [0.15, 0.2) is 0 Å². The van der Waals surface area contributed by atoms with Crippen molar-refractivity contribution in [3.63, 3.8) is 0 Å². The minimum atomic E-state index is -0.536. The lowest BCUT2D eigenvalue weighted by Gasteiger charge is -2.38. The number of hydrogen-bond acceptors (Lipinski definition) is 4. The first-order valence-electron chi connectivity index (χ1n) is 10.7. The van der Waals surface area contributed by atoms with Crippen molar-refractivity contribution in [2.24, 2.45) is 0 Å². The molecule has 30 heavy (non-hydrogen) atoms. The van der Waals surface area contributed by atoms with Gasteiger partial charge in [-0.25, -0.2) is 4.79 Å². The van der Waals surface area contributed by atoms with E-state index in [1.54, 1.807) is 0 Å². The molecule has 0 unspecified atom stereocenters. The summed E-state index contributed by atoms with van der Waals surface area (Å²) in [4.78, 5) is 14.8. The lowest BCUT2D eigenvalue weighted by Crippen LogP contribution is -2.45. The Hall–Kier alpha value is -2.05. The van der Waals surface area contributed by atoms with Crippen LogP contribution in [0.5, 0.6) is 0 Å². The number of anilines is 1. The maximum atomic E-state index is 12.8. The molecule has 6 heteroatoms. The normalized spacial score (nSPS) is 25.9. The summed E-state index contributed by atoms with van der Waals surface area (Å²) in [6.45, 7) is 4.78. The predicted molar refractivity (Wildman–Crippen MR) is 123 cm³/mol. The van der Waals surface area contributed by atoms with Crippen molar-refractivity contribution >= 4 is 27.7 Å². The van der Waals surface area contributed by atoms with Gasteiger partial charge in [0, 0.05) is 28.8 Å². The van der Waals surface area contributed by atoms with Crippen LogP contribution in [0.1, 0.15) is 56.7 Å². The largest absolute Gasteiger partial charge is 0.441 e. The van der Waals surface area contributed by atoms with E-state index in [1.165, 1.54) is 0 Å². The van der Waals surface area contributed by atoms with Crippen molar-refractivity contribution in [1.29, 1.82) is 0 Å². The minimum absolute atomic E-state index is 0.0535. The van der Waals surface area contributed by atoms with Gasteiger partial charge in [-0.15, -0.1) is 0 Å². The highest BCUT2D eigenvalue weighted by molar-refractivity contribution is 9.10. The SMILES string of the molecule is CC1(C)OC(=O)N([C@H]2CC[C@H](NCc3cc(Br)ccc3N)CC2)[C@H]1c1ccccc1. The zero-order valence-corrected chi connectivity index (χ0v) is 19.2. The molecule has 0 radical (unpaired) electrons. The van der Waals surface area contributed by atoms with E-state index in [2.05, 4.69) is 39.4 Å². The number of benzene rings is 2. The molecule has 5 nitrogen and oxygen atoms in total. The molecule has 2 aliphatic rings. The Bertz CT molecular complexity index is 895. The summed E-state index contributed by atoms with van der Waals surface area (Å²) in [5.74, 6) is 0. The van der Waals surface area contributed by atoms with Crippen molar-refractivity contribution < 1.29 is 9.53 Å². The number of nitrogen functional groups attached to an aromatic ring is 1. The Morgan fingerprint density at radius 3 is 2.53 bits per heavy atom. The molecule has 0 aromatic heterocycles. The van der Waals surface area contributed by atoms with Crippen LogP contribution in [-0.2, 0) is 11.3 Å². The second-order valence-electron chi connectivity index (χ2n) is 8.92. The second-order valence-corrected chi connectivity index (χ2v) is 9.84. The number of halogens is 1. The van der Waals surface area contributed by atoms with Crippen molar-refractivity contribution in [1.82, 2.24) is 10.2 Å². The summed E-state index contributed by atoms with van der Waals surface area (Å²) in [6.07, 6.45) is 3.82. The van der Waals surface area contributed by atoms with E-state index in [1.807, 2.05) is 49.1 Å². The lowest BCUT2D eigenvalue weighted by atomic mass is 9.86. The molecule has 1 saturated heterocycles. The fourth-order valence-electron chi connectivity index (χ4n) is 4.87. The number of nitrogens with one attached hydrogen (secondary N) is 1. The van der Waals surface area contributed by atoms with Gasteiger partial charge in [0.2, 0.25) is 0 Å². The molecule has 1 amide bonds. The smallest absolute Gasteiger partial charge is 0.411 e. The standard InChI is InChI=1S/C24H30BrN3O2/c1-24(2)22(16-6-4-3-5-7-16)28(23(29)30-24)20-11-9-19(10-12-20)27-15-17-14-18(25)8-13-21(17)26/h3-8,13-14,19-20,22,27H,9-12,15,26H2,1-2H3/t19-,20-,22-/m0/s1. The van der Waals surface area contributed by atoms with Gasteiger partial charge in [0.25, 0.3) is 0 Å². The average Bonchev–Trinajstić information content (AvgIpc) is 2.98. The highest BCUT2D eigenvalue weighted by Crippen LogP contribution is 2.44. The summed E-state index contributed by atoms with van der Waals surface area (Å²) >= 11 is 3.51. The van der Waals surface area contributed by atoms with Gasteiger partial charge in [-0.05, 0) is 68.9 Å². The van der Waals surface area contributed by atoms with Gasteiger partial charge >= 0.3 is 6.09 Å². The quantitative estimate of drug-likeness (QED) is 0.572. The summed E-state index contributed by atoms with van der Waals surface area (Å²) in [7, 11) is 0. The van der Waals surface area contributed by atoms with E-state index in [4.69, 9.17) is 10.5 Å². The number of cyclic esters (lactones) is 1. The second kappa shape index (κ2) is 8.60. The first-order valence-corrected chi connectivity index (χ1v) is 11.5. The molecule has 0 spiro atoms. The summed E-state index contributed by atoms with van der Waals surface area (Å²) in [6, 6.07) is 16.8. The van der Waals surface area contributed by atoms with E-state index in [9.17, 15) is 4.79 Å². The maximum absolute atomic E-state index is 12.8. The molecule has 1 atom stereocenters. The van der Waals surface area contributed by atoms with Gasteiger partial charge in [0.05, 0.1) is 6.04 Å². The Kier molecular flexibility index (Phi) is 6.07. The number of carbonyl (C=O) groups excluding carboxylic acids is 1.